The Balaban J connectivity index is 1.93. The smallest absolute Gasteiger partial charge is 0.145 e. The highest BCUT2D eigenvalue weighted by atomic mass is 15.0. The van der Waals surface area contributed by atoms with E-state index in [0.29, 0.717) is 0 Å². The van der Waals surface area contributed by atoms with Crippen molar-refractivity contribution in [2.45, 2.75) is 27.2 Å². The van der Waals surface area contributed by atoms with Gasteiger partial charge in [0.15, 0.2) is 0 Å². The van der Waals surface area contributed by atoms with Gasteiger partial charge in [-0.05, 0) is 47.1 Å². The Hall–Kier alpha value is -3.20. The zero-order chi connectivity index (χ0) is 19.0. The second kappa shape index (κ2) is 5.20. The summed E-state index contributed by atoms with van der Waals surface area (Å²) in [6.07, 6.45) is 4.86. The third-order valence-electron chi connectivity index (χ3n) is 5.68. The van der Waals surface area contributed by atoms with E-state index in [2.05, 4.69) is 67.6 Å². The van der Waals surface area contributed by atoms with Gasteiger partial charge >= 0.3 is 0 Å². The van der Waals surface area contributed by atoms with Crippen LogP contribution in [0, 0.1) is 5.41 Å². The van der Waals surface area contributed by atoms with E-state index in [4.69, 9.17) is 9.97 Å². The second-order valence-corrected chi connectivity index (χ2v) is 9.02. The van der Waals surface area contributed by atoms with Crippen molar-refractivity contribution in [1.82, 2.24) is 14.4 Å². The van der Waals surface area contributed by atoms with Gasteiger partial charge in [0.1, 0.15) is 5.65 Å². The molecule has 0 saturated heterocycles. The fourth-order valence-electron chi connectivity index (χ4n) is 4.77. The zero-order valence-electron chi connectivity index (χ0n) is 16.3. The molecule has 3 nitrogen and oxygen atoms in total. The fourth-order valence-corrected chi connectivity index (χ4v) is 4.77. The molecular weight excluding hydrogens is 342 g/mol. The first kappa shape index (κ1) is 15.8. The Morgan fingerprint density at radius 1 is 0.857 bits per heavy atom. The molecule has 0 bridgehead atoms. The van der Waals surface area contributed by atoms with Crippen LogP contribution in [-0.4, -0.2) is 14.4 Å². The van der Waals surface area contributed by atoms with Crippen LogP contribution in [0.15, 0.2) is 60.9 Å². The van der Waals surface area contributed by atoms with Gasteiger partial charge in [-0.3, -0.25) is 9.38 Å². The summed E-state index contributed by atoms with van der Waals surface area (Å²) in [5, 5.41) is 6.11. The van der Waals surface area contributed by atoms with Gasteiger partial charge in [0.25, 0.3) is 0 Å². The number of nitrogens with zero attached hydrogens (tertiary/aromatic N) is 3. The predicted molar refractivity (Wildman–Crippen MR) is 117 cm³/mol. The van der Waals surface area contributed by atoms with Gasteiger partial charge in [0, 0.05) is 33.9 Å². The zero-order valence-corrected chi connectivity index (χ0v) is 16.3. The number of aromatic nitrogens is 3. The van der Waals surface area contributed by atoms with Crippen LogP contribution in [0.4, 0.5) is 0 Å². The SMILES string of the molecule is CC(C)(C)Cc1cc2ccnc3c4cccc5c6cccnc6n(c(c1)c23)c54. The minimum absolute atomic E-state index is 0.231. The summed E-state index contributed by atoms with van der Waals surface area (Å²) < 4.78 is 2.35. The van der Waals surface area contributed by atoms with Crippen molar-refractivity contribution < 1.29 is 0 Å². The highest BCUT2D eigenvalue weighted by Crippen LogP contribution is 2.39. The average molecular weight is 363 g/mol. The molecule has 0 saturated carbocycles. The standard InChI is InChI=1S/C25H21N3/c1-25(2,3)14-15-12-16-9-11-26-22-19-7-4-6-17-18-8-5-10-27-24(18)28(23(17)19)20(13-15)21(16)22/h4-13H,14H2,1-3H3. The van der Waals surface area contributed by atoms with Crippen LogP contribution in [0.3, 0.4) is 0 Å². The molecule has 4 aromatic heterocycles. The number of para-hydroxylation sites is 1. The van der Waals surface area contributed by atoms with Crippen molar-refractivity contribution in [2.24, 2.45) is 5.41 Å². The monoisotopic (exact) mass is 363 g/mol. The minimum Gasteiger partial charge on any atom is -0.292 e. The molecule has 0 spiro atoms. The summed E-state index contributed by atoms with van der Waals surface area (Å²) in [6.45, 7) is 6.88. The summed E-state index contributed by atoms with van der Waals surface area (Å²) in [5.41, 5.74) is 6.12. The maximum atomic E-state index is 4.80. The number of fused-ring (bicyclic) bond motifs is 5. The molecule has 0 fully saturated rings. The fraction of sp³-hybridized carbons (Fsp3) is 0.200. The molecule has 0 N–H and O–H groups in total. The lowest BCUT2D eigenvalue weighted by Gasteiger charge is -2.20. The van der Waals surface area contributed by atoms with E-state index in [1.807, 2.05) is 18.5 Å². The highest BCUT2D eigenvalue weighted by Gasteiger charge is 2.20. The molecular formula is C25H21N3. The lowest BCUT2D eigenvalue weighted by Crippen LogP contribution is -2.09. The molecule has 6 aromatic rings. The number of rotatable bonds is 1. The number of pyridine rings is 3. The largest absolute Gasteiger partial charge is 0.292 e. The number of benzene rings is 2. The predicted octanol–water partition coefficient (Wildman–Crippen LogP) is 6.37. The Morgan fingerprint density at radius 3 is 2.54 bits per heavy atom. The van der Waals surface area contributed by atoms with Crippen molar-refractivity contribution in [1.29, 1.82) is 0 Å². The normalized spacial score (nSPS) is 13.0. The molecule has 136 valence electrons. The maximum absolute atomic E-state index is 4.80. The molecule has 0 radical (unpaired) electrons. The van der Waals surface area contributed by atoms with Gasteiger partial charge in [-0.25, -0.2) is 4.98 Å². The van der Waals surface area contributed by atoms with Crippen molar-refractivity contribution >= 4 is 49.1 Å². The van der Waals surface area contributed by atoms with Crippen LogP contribution < -0.4 is 0 Å². The van der Waals surface area contributed by atoms with Gasteiger partial charge in [-0.2, -0.15) is 0 Å². The summed E-state index contributed by atoms with van der Waals surface area (Å²) in [4.78, 5) is 9.57. The van der Waals surface area contributed by atoms with Crippen LogP contribution >= 0.6 is 0 Å². The highest BCUT2D eigenvalue weighted by molar-refractivity contribution is 6.25. The van der Waals surface area contributed by atoms with Crippen molar-refractivity contribution in [3.63, 3.8) is 0 Å². The molecule has 0 amide bonds. The summed E-state index contributed by atoms with van der Waals surface area (Å²) in [5.74, 6) is 0. The quantitative estimate of drug-likeness (QED) is 0.251. The minimum atomic E-state index is 0.231. The lowest BCUT2D eigenvalue weighted by molar-refractivity contribution is 0.411. The number of hydrogen-bond acceptors (Lipinski definition) is 2. The maximum Gasteiger partial charge on any atom is 0.145 e. The lowest BCUT2D eigenvalue weighted by atomic mass is 9.87. The Labute approximate surface area is 163 Å². The van der Waals surface area contributed by atoms with Crippen LogP contribution in [-0.2, 0) is 6.42 Å². The van der Waals surface area contributed by atoms with Crippen LogP contribution in [0.5, 0.6) is 0 Å². The Kier molecular flexibility index (Phi) is 2.94. The van der Waals surface area contributed by atoms with Crippen LogP contribution in [0.1, 0.15) is 26.3 Å². The van der Waals surface area contributed by atoms with Gasteiger partial charge in [-0.1, -0.05) is 45.0 Å². The second-order valence-electron chi connectivity index (χ2n) is 9.02. The molecule has 4 heterocycles. The van der Waals surface area contributed by atoms with E-state index in [0.717, 1.165) is 17.6 Å². The molecule has 2 aromatic carbocycles. The van der Waals surface area contributed by atoms with E-state index in [-0.39, 0.29) is 5.41 Å². The van der Waals surface area contributed by atoms with Gasteiger partial charge in [0.2, 0.25) is 0 Å². The molecule has 6 rings (SSSR count). The van der Waals surface area contributed by atoms with Crippen molar-refractivity contribution in [3.05, 3.63) is 66.5 Å². The molecule has 0 atom stereocenters. The number of hydrogen-bond donors (Lipinski definition) is 0. The van der Waals surface area contributed by atoms with E-state index < -0.39 is 0 Å². The summed E-state index contributed by atoms with van der Waals surface area (Å²) in [6, 6.07) is 17.5. The summed E-state index contributed by atoms with van der Waals surface area (Å²) >= 11 is 0. The van der Waals surface area contributed by atoms with Gasteiger partial charge < -0.3 is 0 Å². The van der Waals surface area contributed by atoms with Crippen molar-refractivity contribution in [3.8, 4) is 0 Å². The topological polar surface area (TPSA) is 30.2 Å². The van der Waals surface area contributed by atoms with E-state index in [1.165, 1.54) is 43.5 Å². The summed E-state index contributed by atoms with van der Waals surface area (Å²) in [7, 11) is 0. The van der Waals surface area contributed by atoms with Crippen molar-refractivity contribution in [2.75, 3.05) is 0 Å². The van der Waals surface area contributed by atoms with E-state index in [1.54, 1.807) is 0 Å². The third-order valence-corrected chi connectivity index (χ3v) is 5.68. The molecule has 0 unspecified atom stereocenters. The molecule has 0 aliphatic heterocycles. The first-order valence-electron chi connectivity index (χ1n) is 9.82. The van der Waals surface area contributed by atoms with E-state index in [9.17, 15) is 0 Å². The molecule has 3 heteroatoms. The van der Waals surface area contributed by atoms with E-state index >= 15 is 0 Å². The molecule has 28 heavy (non-hydrogen) atoms. The van der Waals surface area contributed by atoms with Crippen LogP contribution in [0.2, 0.25) is 0 Å². The van der Waals surface area contributed by atoms with Crippen LogP contribution in [0.25, 0.3) is 49.1 Å². The third kappa shape index (κ3) is 2.04. The Morgan fingerprint density at radius 2 is 1.68 bits per heavy atom. The Bertz CT molecular complexity index is 1520. The molecule has 0 aliphatic carbocycles. The molecule has 0 aliphatic rings. The first-order chi connectivity index (χ1) is 13.5. The van der Waals surface area contributed by atoms with Gasteiger partial charge in [0.05, 0.1) is 16.6 Å². The average Bonchev–Trinajstić information content (AvgIpc) is 3.00. The first-order valence-corrected chi connectivity index (χ1v) is 9.82. The van der Waals surface area contributed by atoms with Gasteiger partial charge in [-0.15, -0.1) is 0 Å².